The molecule has 4 atom stereocenters. The summed E-state index contributed by atoms with van der Waals surface area (Å²) in [7, 11) is 0. The first-order valence-corrected chi connectivity index (χ1v) is 5.74. The quantitative estimate of drug-likeness (QED) is 0.377. The monoisotopic (exact) mass is 268 g/mol. The number of hydrogen-bond acceptors (Lipinski definition) is 7. The Labute approximate surface area is 107 Å². The van der Waals surface area contributed by atoms with Crippen molar-refractivity contribution in [2.75, 3.05) is 12.3 Å². The van der Waals surface area contributed by atoms with Crippen LogP contribution in [0.15, 0.2) is 12.7 Å². The molecule has 1 fully saturated rings. The van der Waals surface area contributed by atoms with Gasteiger partial charge < -0.3 is 25.8 Å². The summed E-state index contributed by atoms with van der Waals surface area (Å²) in [4.78, 5) is 10.8. The van der Waals surface area contributed by atoms with Gasteiger partial charge in [-0.05, 0) is 0 Å². The second-order valence-electron chi connectivity index (χ2n) is 4.37. The molecule has 102 valence electrons. The first-order chi connectivity index (χ1) is 9.13. The number of aromatic amines is 1. The molecule has 9 nitrogen and oxygen atoms in total. The van der Waals surface area contributed by atoms with E-state index in [0.717, 1.165) is 0 Å². The van der Waals surface area contributed by atoms with Crippen LogP contribution in [0.5, 0.6) is 0 Å². The van der Waals surface area contributed by atoms with E-state index in [4.69, 9.17) is 15.6 Å². The Bertz CT molecular complexity index is 603. The molecular weight excluding hydrogens is 254 g/mol. The van der Waals surface area contributed by atoms with Crippen molar-refractivity contribution >= 4 is 17.0 Å². The average molecular weight is 268 g/mol. The average Bonchev–Trinajstić information content (AvgIpc) is 2.94. The number of nitrogens with zero attached hydrogens (tertiary/aromatic N) is 3. The van der Waals surface area contributed by atoms with Crippen LogP contribution in [0.4, 0.5) is 5.82 Å². The normalized spacial score (nSPS) is 31.1. The standard InChI is InChI=1S/C10H13N5O4/c11-8-5-9(13-2-12-8)15(3-14-5)10-7(18)6(17)4(1-16)19-10/h2-4,6-7,10,16-18H,1H2,(H2,11,12,13)/p+1. The molecule has 0 aliphatic carbocycles. The van der Waals surface area contributed by atoms with Crippen molar-refractivity contribution in [3.63, 3.8) is 0 Å². The zero-order valence-corrected chi connectivity index (χ0v) is 9.84. The molecule has 1 saturated heterocycles. The molecule has 0 aromatic carbocycles. The highest BCUT2D eigenvalue weighted by Gasteiger charge is 2.46. The molecule has 3 rings (SSSR count). The Morgan fingerprint density at radius 1 is 1.37 bits per heavy atom. The zero-order valence-electron chi connectivity index (χ0n) is 9.84. The molecule has 0 radical (unpaired) electrons. The summed E-state index contributed by atoms with van der Waals surface area (Å²) in [6, 6.07) is 0. The number of fused-ring (bicyclic) bond motifs is 1. The molecule has 4 unspecified atom stereocenters. The van der Waals surface area contributed by atoms with Crippen LogP contribution in [0.3, 0.4) is 0 Å². The second-order valence-corrected chi connectivity index (χ2v) is 4.37. The number of nitrogens with two attached hydrogens (primary N) is 1. The van der Waals surface area contributed by atoms with E-state index < -0.39 is 24.5 Å². The number of nitrogens with one attached hydrogen (secondary N) is 1. The Hall–Kier alpha value is -1.81. The van der Waals surface area contributed by atoms with Crippen molar-refractivity contribution in [2.24, 2.45) is 0 Å². The lowest BCUT2D eigenvalue weighted by atomic mass is 10.1. The van der Waals surface area contributed by atoms with Crippen molar-refractivity contribution in [2.45, 2.75) is 24.5 Å². The van der Waals surface area contributed by atoms with E-state index in [1.165, 1.54) is 17.2 Å². The smallest absolute Gasteiger partial charge is 0.309 e. The lowest BCUT2D eigenvalue weighted by Gasteiger charge is -2.11. The first-order valence-electron chi connectivity index (χ1n) is 5.74. The minimum atomic E-state index is -1.17. The molecule has 9 heteroatoms. The van der Waals surface area contributed by atoms with Crippen LogP contribution in [0.2, 0.25) is 0 Å². The van der Waals surface area contributed by atoms with Crippen LogP contribution in [0, 0.1) is 0 Å². The van der Waals surface area contributed by atoms with Gasteiger partial charge in [0.2, 0.25) is 11.7 Å². The third kappa shape index (κ3) is 1.75. The number of aliphatic hydroxyl groups is 3. The molecule has 2 aromatic heterocycles. The van der Waals surface area contributed by atoms with Gasteiger partial charge in [0.25, 0.3) is 0 Å². The highest BCUT2D eigenvalue weighted by Crippen LogP contribution is 2.26. The predicted octanol–water partition coefficient (Wildman–Crippen LogP) is -2.56. The van der Waals surface area contributed by atoms with Crippen molar-refractivity contribution in [1.82, 2.24) is 15.0 Å². The summed E-state index contributed by atoms with van der Waals surface area (Å²) in [6.07, 6.45) is -1.20. The van der Waals surface area contributed by atoms with Gasteiger partial charge in [-0.2, -0.15) is 4.98 Å². The van der Waals surface area contributed by atoms with Crippen LogP contribution >= 0.6 is 0 Å². The van der Waals surface area contributed by atoms with Crippen LogP contribution in [-0.2, 0) is 4.74 Å². The molecule has 2 aromatic rings. The molecule has 1 aliphatic heterocycles. The zero-order chi connectivity index (χ0) is 13.6. The molecular formula is C10H14N5O4+. The number of ether oxygens (including phenoxy) is 1. The van der Waals surface area contributed by atoms with Crippen LogP contribution in [-0.4, -0.2) is 55.2 Å². The van der Waals surface area contributed by atoms with E-state index >= 15 is 0 Å². The van der Waals surface area contributed by atoms with Gasteiger partial charge in [0, 0.05) is 0 Å². The maximum Gasteiger partial charge on any atom is 0.309 e. The van der Waals surface area contributed by atoms with Gasteiger partial charge in [0.15, 0.2) is 18.5 Å². The fourth-order valence-corrected chi connectivity index (χ4v) is 2.22. The number of hydrogen-bond donors (Lipinski definition) is 5. The summed E-state index contributed by atoms with van der Waals surface area (Å²) in [5, 5.41) is 28.8. The number of rotatable bonds is 2. The maximum atomic E-state index is 9.96. The number of anilines is 1. The largest absolute Gasteiger partial charge is 0.394 e. The van der Waals surface area contributed by atoms with Crippen molar-refractivity contribution in [1.29, 1.82) is 0 Å². The third-order valence-electron chi connectivity index (χ3n) is 3.24. The highest BCUT2D eigenvalue weighted by molar-refractivity contribution is 5.77. The lowest BCUT2D eigenvalue weighted by Crippen LogP contribution is -2.45. The van der Waals surface area contributed by atoms with E-state index in [9.17, 15) is 10.2 Å². The van der Waals surface area contributed by atoms with Gasteiger partial charge in [0.1, 0.15) is 18.3 Å². The first kappa shape index (κ1) is 12.2. The summed E-state index contributed by atoms with van der Waals surface area (Å²) < 4.78 is 6.93. The second kappa shape index (κ2) is 4.38. The molecule has 0 bridgehead atoms. The number of aliphatic hydroxyl groups excluding tert-OH is 3. The molecule has 19 heavy (non-hydrogen) atoms. The van der Waals surface area contributed by atoms with Crippen LogP contribution < -0.4 is 10.3 Å². The van der Waals surface area contributed by atoms with E-state index in [1.54, 1.807) is 0 Å². The van der Waals surface area contributed by atoms with E-state index in [-0.39, 0.29) is 12.4 Å². The van der Waals surface area contributed by atoms with E-state index in [0.29, 0.717) is 11.2 Å². The molecule has 6 N–H and O–H groups in total. The van der Waals surface area contributed by atoms with Crippen LogP contribution in [0.25, 0.3) is 11.2 Å². The molecule has 1 aliphatic rings. The number of imidazole rings is 1. The Kier molecular flexibility index (Phi) is 2.82. The number of H-pyrrole nitrogens is 1. The third-order valence-corrected chi connectivity index (χ3v) is 3.24. The lowest BCUT2D eigenvalue weighted by molar-refractivity contribution is -0.745. The highest BCUT2D eigenvalue weighted by atomic mass is 16.6. The van der Waals surface area contributed by atoms with Gasteiger partial charge in [-0.3, -0.25) is 4.98 Å². The predicted molar refractivity (Wildman–Crippen MR) is 61.5 cm³/mol. The van der Waals surface area contributed by atoms with E-state index in [1.807, 2.05) is 0 Å². The number of aromatic nitrogens is 4. The van der Waals surface area contributed by atoms with Gasteiger partial charge >= 0.3 is 5.65 Å². The Morgan fingerprint density at radius 2 is 2.16 bits per heavy atom. The van der Waals surface area contributed by atoms with Gasteiger partial charge in [-0.1, -0.05) is 4.98 Å². The molecule has 0 spiro atoms. The minimum Gasteiger partial charge on any atom is -0.394 e. The van der Waals surface area contributed by atoms with Crippen molar-refractivity contribution in [3.8, 4) is 0 Å². The van der Waals surface area contributed by atoms with Gasteiger partial charge in [0.05, 0.1) is 6.61 Å². The van der Waals surface area contributed by atoms with Crippen LogP contribution in [0.1, 0.15) is 6.23 Å². The van der Waals surface area contributed by atoms with E-state index in [2.05, 4.69) is 15.0 Å². The molecule has 3 heterocycles. The summed E-state index contributed by atoms with van der Waals surface area (Å²) in [5.41, 5.74) is 6.66. The van der Waals surface area contributed by atoms with Gasteiger partial charge in [-0.25, -0.2) is 4.57 Å². The topological polar surface area (TPSA) is 141 Å². The summed E-state index contributed by atoms with van der Waals surface area (Å²) >= 11 is 0. The summed E-state index contributed by atoms with van der Waals surface area (Å²) in [5.74, 6) is 0.274. The maximum absolute atomic E-state index is 9.96. The van der Waals surface area contributed by atoms with Crippen molar-refractivity contribution in [3.05, 3.63) is 12.7 Å². The fourth-order valence-electron chi connectivity index (χ4n) is 2.22. The van der Waals surface area contributed by atoms with Gasteiger partial charge in [-0.15, -0.1) is 0 Å². The fraction of sp³-hybridized carbons (Fsp3) is 0.500. The SMILES string of the molecule is Nc1ncnc2c1[nH]c[n+]2C1OC(CO)C(O)C1O. The van der Waals surface area contributed by atoms with Crippen molar-refractivity contribution < 1.29 is 24.6 Å². The molecule has 0 saturated carbocycles. The Balaban J connectivity index is 2.04. The summed E-state index contributed by atoms with van der Waals surface area (Å²) in [6.45, 7) is -0.380. The number of nitrogen functional groups attached to an aromatic ring is 1. The minimum absolute atomic E-state index is 0.274. The Morgan fingerprint density at radius 3 is 2.84 bits per heavy atom. The molecule has 0 amide bonds.